The number of hydrogen-bond donors (Lipinski definition) is 2. The van der Waals surface area contributed by atoms with E-state index in [9.17, 15) is 9.18 Å². The van der Waals surface area contributed by atoms with Gasteiger partial charge in [0.05, 0.1) is 19.3 Å². The van der Waals surface area contributed by atoms with Gasteiger partial charge in [0, 0.05) is 12.0 Å². The molecular weight excluding hydrogens is 279 g/mol. The highest BCUT2D eigenvalue weighted by Gasteiger charge is 2.19. The highest BCUT2D eigenvalue weighted by molar-refractivity contribution is 5.86. The number of carbonyl (C=O) groups is 1. The first kappa shape index (κ1) is 14.9. The van der Waals surface area contributed by atoms with Gasteiger partial charge in [0.2, 0.25) is 0 Å². The third-order valence-electron chi connectivity index (χ3n) is 2.98. The second-order valence-corrected chi connectivity index (χ2v) is 4.34. The molecule has 0 saturated carbocycles. The fourth-order valence-corrected chi connectivity index (χ4v) is 2.04. The molecule has 8 heteroatoms. The first-order valence-electron chi connectivity index (χ1n) is 6.25. The molecule has 0 fully saturated rings. The van der Waals surface area contributed by atoms with E-state index >= 15 is 0 Å². The Morgan fingerprint density at radius 2 is 2.29 bits per heavy atom. The number of benzene rings is 1. The molecule has 0 amide bonds. The Hall–Kier alpha value is -2.48. The summed E-state index contributed by atoms with van der Waals surface area (Å²) >= 11 is 0. The lowest BCUT2D eigenvalue weighted by Gasteiger charge is -2.10. The summed E-state index contributed by atoms with van der Waals surface area (Å²) in [5, 5.41) is 16.5. The summed E-state index contributed by atoms with van der Waals surface area (Å²) in [4.78, 5) is 11.1. The maximum atomic E-state index is 13.4. The van der Waals surface area contributed by atoms with E-state index in [0.29, 0.717) is 23.4 Å². The SMILES string of the molecule is COc1ccc(F)cc1Cn1nnc(C(=O)O)c1CCN. The van der Waals surface area contributed by atoms with Crippen molar-refractivity contribution in [1.82, 2.24) is 15.0 Å². The molecule has 21 heavy (non-hydrogen) atoms. The molecule has 0 aliphatic carbocycles. The molecule has 0 atom stereocenters. The van der Waals surface area contributed by atoms with Crippen molar-refractivity contribution in [1.29, 1.82) is 0 Å². The number of ether oxygens (including phenoxy) is 1. The smallest absolute Gasteiger partial charge is 0.358 e. The summed E-state index contributed by atoms with van der Waals surface area (Å²) in [7, 11) is 1.47. The third-order valence-corrected chi connectivity index (χ3v) is 2.98. The quantitative estimate of drug-likeness (QED) is 0.811. The normalized spacial score (nSPS) is 10.6. The van der Waals surface area contributed by atoms with Gasteiger partial charge in [0.1, 0.15) is 11.6 Å². The van der Waals surface area contributed by atoms with E-state index in [1.165, 1.54) is 30.0 Å². The van der Waals surface area contributed by atoms with Gasteiger partial charge in [0.15, 0.2) is 5.69 Å². The minimum absolute atomic E-state index is 0.143. The van der Waals surface area contributed by atoms with Gasteiger partial charge in [-0.15, -0.1) is 5.10 Å². The fourth-order valence-electron chi connectivity index (χ4n) is 2.04. The molecule has 112 valence electrons. The number of aromatic carboxylic acids is 1. The van der Waals surface area contributed by atoms with Crippen molar-refractivity contribution in [2.24, 2.45) is 5.73 Å². The van der Waals surface area contributed by atoms with Crippen LogP contribution in [-0.4, -0.2) is 39.7 Å². The highest BCUT2D eigenvalue weighted by atomic mass is 19.1. The van der Waals surface area contributed by atoms with Gasteiger partial charge in [-0.05, 0) is 24.7 Å². The second kappa shape index (κ2) is 6.31. The van der Waals surface area contributed by atoms with Crippen LogP contribution in [0.2, 0.25) is 0 Å². The van der Waals surface area contributed by atoms with E-state index in [2.05, 4.69) is 10.3 Å². The van der Waals surface area contributed by atoms with Crippen LogP contribution < -0.4 is 10.5 Å². The van der Waals surface area contributed by atoms with Crippen molar-refractivity contribution in [3.63, 3.8) is 0 Å². The van der Waals surface area contributed by atoms with E-state index in [1.54, 1.807) is 0 Å². The minimum atomic E-state index is -1.17. The summed E-state index contributed by atoms with van der Waals surface area (Å²) in [6, 6.07) is 4.10. The van der Waals surface area contributed by atoms with E-state index in [-0.39, 0.29) is 18.8 Å². The van der Waals surface area contributed by atoms with Crippen LogP contribution in [0, 0.1) is 5.82 Å². The molecule has 0 aliphatic heterocycles. The molecule has 0 bridgehead atoms. The standard InChI is InChI=1S/C13H15FN4O3/c1-21-11-3-2-9(14)6-8(11)7-18-10(4-5-15)12(13(19)20)16-17-18/h2-3,6H,4-5,7,15H2,1H3,(H,19,20). The number of nitrogens with two attached hydrogens (primary N) is 1. The summed E-state index contributed by atoms with van der Waals surface area (Å²) in [5.74, 6) is -1.09. The van der Waals surface area contributed by atoms with Crippen LogP contribution in [0.1, 0.15) is 21.7 Å². The maximum absolute atomic E-state index is 13.4. The summed E-state index contributed by atoms with van der Waals surface area (Å²) in [5.41, 5.74) is 6.28. The molecule has 0 spiro atoms. The van der Waals surface area contributed by atoms with Crippen LogP contribution in [0.4, 0.5) is 4.39 Å². The molecule has 1 aromatic carbocycles. The second-order valence-electron chi connectivity index (χ2n) is 4.34. The summed E-state index contributed by atoms with van der Waals surface area (Å²) in [6.07, 6.45) is 0.312. The van der Waals surface area contributed by atoms with Crippen LogP contribution in [0.3, 0.4) is 0 Å². The summed E-state index contributed by atoms with van der Waals surface area (Å²) in [6.45, 7) is 0.407. The molecule has 1 aromatic heterocycles. The number of rotatable bonds is 6. The van der Waals surface area contributed by atoms with E-state index < -0.39 is 11.8 Å². The van der Waals surface area contributed by atoms with E-state index in [4.69, 9.17) is 15.6 Å². The van der Waals surface area contributed by atoms with Crippen LogP contribution in [0.25, 0.3) is 0 Å². The molecule has 7 nitrogen and oxygen atoms in total. The van der Waals surface area contributed by atoms with Gasteiger partial charge >= 0.3 is 5.97 Å². The first-order valence-corrected chi connectivity index (χ1v) is 6.25. The molecule has 2 rings (SSSR count). The van der Waals surface area contributed by atoms with Gasteiger partial charge in [-0.2, -0.15) is 0 Å². The predicted octanol–water partition coefficient (Wildman–Crippen LogP) is 0.674. The van der Waals surface area contributed by atoms with Gasteiger partial charge in [-0.25, -0.2) is 13.9 Å². The van der Waals surface area contributed by atoms with Crippen molar-refractivity contribution >= 4 is 5.97 Å². The Labute approximate surface area is 120 Å². The van der Waals surface area contributed by atoms with Crippen LogP contribution in [0.5, 0.6) is 5.75 Å². The first-order chi connectivity index (χ1) is 10.1. The third kappa shape index (κ3) is 3.16. The highest BCUT2D eigenvalue weighted by Crippen LogP contribution is 2.21. The number of aromatic nitrogens is 3. The van der Waals surface area contributed by atoms with Crippen molar-refractivity contribution in [3.05, 3.63) is 41.0 Å². The van der Waals surface area contributed by atoms with Gasteiger partial charge in [-0.1, -0.05) is 5.21 Å². The van der Waals surface area contributed by atoms with Crippen molar-refractivity contribution < 1.29 is 19.0 Å². The van der Waals surface area contributed by atoms with Gasteiger partial charge in [0.25, 0.3) is 0 Å². The molecule has 0 unspecified atom stereocenters. The fraction of sp³-hybridized carbons (Fsp3) is 0.308. The van der Waals surface area contributed by atoms with Crippen LogP contribution >= 0.6 is 0 Å². The Balaban J connectivity index is 2.39. The number of methoxy groups -OCH3 is 1. The predicted molar refractivity (Wildman–Crippen MR) is 71.8 cm³/mol. The van der Waals surface area contributed by atoms with Crippen LogP contribution in [-0.2, 0) is 13.0 Å². The zero-order valence-corrected chi connectivity index (χ0v) is 11.4. The Kier molecular flexibility index (Phi) is 4.49. The monoisotopic (exact) mass is 294 g/mol. The average Bonchev–Trinajstić information content (AvgIpc) is 2.83. The van der Waals surface area contributed by atoms with Gasteiger partial charge in [-0.3, -0.25) is 0 Å². The average molecular weight is 294 g/mol. The molecule has 0 saturated heterocycles. The molecule has 1 heterocycles. The molecule has 0 radical (unpaired) electrons. The number of hydrogen-bond acceptors (Lipinski definition) is 5. The Morgan fingerprint density at radius 3 is 2.90 bits per heavy atom. The molecular formula is C13H15FN4O3. The molecule has 2 aromatic rings. The lowest BCUT2D eigenvalue weighted by molar-refractivity contribution is 0.0689. The molecule has 0 aliphatic rings. The number of halogens is 1. The zero-order chi connectivity index (χ0) is 15.4. The van der Waals surface area contributed by atoms with Crippen molar-refractivity contribution in [3.8, 4) is 5.75 Å². The van der Waals surface area contributed by atoms with Crippen LogP contribution in [0.15, 0.2) is 18.2 Å². The largest absolute Gasteiger partial charge is 0.496 e. The minimum Gasteiger partial charge on any atom is -0.496 e. The van der Waals surface area contributed by atoms with E-state index in [0.717, 1.165) is 0 Å². The van der Waals surface area contributed by atoms with E-state index in [1.807, 2.05) is 0 Å². The molecule has 3 N–H and O–H groups in total. The van der Waals surface area contributed by atoms with Crippen molar-refractivity contribution in [2.75, 3.05) is 13.7 Å². The Morgan fingerprint density at radius 1 is 1.52 bits per heavy atom. The topological polar surface area (TPSA) is 103 Å². The number of carboxylic acid groups (broad SMARTS) is 1. The summed E-state index contributed by atoms with van der Waals surface area (Å²) < 4.78 is 19.9. The Bertz CT molecular complexity index is 657. The van der Waals surface area contributed by atoms with Gasteiger partial charge < -0.3 is 15.6 Å². The zero-order valence-electron chi connectivity index (χ0n) is 11.4. The maximum Gasteiger partial charge on any atom is 0.358 e. The number of carboxylic acids is 1. The lowest BCUT2D eigenvalue weighted by atomic mass is 10.1. The lowest BCUT2D eigenvalue weighted by Crippen LogP contribution is -2.14. The number of nitrogens with zero attached hydrogens (tertiary/aromatic N) is 3. The van der Waals surface area contributed by atoms with Crippen molar-refractivity contribution in [2.45, 2.75) is 13.0 Å².